The van der Waals surface area contributed by atoms with Gasteiger partial charge < -0.3 is 11.1 Å². The van der Waals surface area contributed by atoms with E-state index in [9.17, 15) is 14.0 Å². The maximum absolute atomic E-state index is 12.9. The van der Waals surface area contributed by atoms with Gasteiger partial charge in [0.2, 0.25) is 5.91 Å². The smallest absolute Gasteiger partial charge is 0.271 e. The lowest BCUT2D eigenvalue weighted by atomic mass is 9.98. The lowest BCUT2D eigenvalue weighted by Crippen LogP contribution is -2.48. The third-order valence-electron chi connectivity index (χ3n) is 3.63. The van der Waals surface area contributed by atoms with Crippen molar-refractivity contribution in [3.05, 3.63) is 41.2 Å². The molecular weight excluding hydrogens is 317 g/mol. The molecule has 0 aliphatic rings. The van der Waals surface area contributed by atoms with Gasteiger partial charge in [0.1, 0.15) is 22.6 Å². The summed E-state index contributed by atoms with van der Waals surface area (Å²) in [6, 6.07) is 5.14. The molecule has 0 aliphatic heterocycles. The molecule has 2 amide bonds. The molecule has 5 nitrogen and oxygen atoms in total. The minimum absolute atomic E-state index is 0.0633. The Morgan fingerprint density at radius 3 is 2.57 bits per heavy atom. The van der Waals surface area contributed by atoms with Gasteiger partial charge in [-0.1, -0.05) is 20.3 Å². The summed E-state index contributed by atoms with van der Waals surface area (Å²) in [7, 11) is 0. The monoisotopic (exact) mass is 335 g/mol. The van der Waals surface area contributed by atoms with E-state index >= 15 is 0 Å². The summed E-state index contributed by atoms with van der Waals surface area (Å²) in [5, 5.41) is 4.83. The number of hydrogen-bond acceptors (Lipinski definition) is 4. The number of aromatic nitrogens is 1. The van der Waals surface area contributed by atoms with Crippen molar-refractivity contribution in [2.24, 2.45) is 11.7 Å². The van der Waals surface area contributed by atoms with E-state index in [2.05, 4.69) is 10.3 Å². The molecule has 3 N–H and O–H groups in total. The molecule has 0 saturated heterocycles. The number of halogens is 1. The highest BCUT2D eigenvalue weighted by Crippen LogP contribution is 2.24. The van der Waals surface area contributed by atoms with E-state index < -0.39 is 17.9 Å². The Morgan fingerprint density at radius 2 is 2.00 bits per heavy atom. The summed E-state index contributed by atoms with van der Waals surface area (Å²) in [6.07, 6.45) is 0.714. The highest BCUT2D eigenvalue weighted by molar-refractivity contribution is 7.13. The van der Waals surface area contributed by atoms with Crippen molar-refractivity contribution in [2.45, 2.75) is 26.3 Å². The summed E-state index contributed by atoms with van der Waals surface area (Å²) < 4.78 is 12.9. The van der Waals surface area contributed by atoms with Crippen LogP contribution in [0.5, 0.6) is 0 Å². The molecular formula is C16H18FN3O2S. The zero-order valence-electron chi connectivity index (χ0n) is 12.9. The molecule has 2 unspecified atom stereocenters. The first-order chi connectivity index (χ1) is 10.9. The Morgan fingerprint density at radius 1 is 1.35 bits per heavy atom. The van der Waals surface area contributed by atoms with Crippen molar-refractivity contribution in [1.29, 1.82) is 0 Å². The van der Waals surface area contributed by atoms with Crippen LogP contribution in [-0.4, -0.2) is 22.8 Å². The normalized spacial score (nSPS) is 13.3. The number of hydrogen-bond donors (Lipinski definition) is 2. The number of nitrogens with two attached hydrogens (primary N) is 1. The topological polar surface area (TPSA) is 85.1 Å². The van der Waals surface area contributed by atoms with Crippen LogP contribution >= 0.6 is 11.3 Å². The van der Waals surface area contributed by atoms with E-state index in [4.69, 9.17) is 5.73 Å². The number of carbonyl (C=O) groups excluding carboxylic acids is 2. The van der Waals surface area contributed by atoms with Crippen molar-refractivity contribution in [2.75, 3.05) is 0 Å². The van der Waals surface area contributed by atoms with Crippen LogP contribution in [0, 0.1) is 11.7 Å². The van der Waals surface area contributed by atoms with Crippen molar-refractivity contribution in [1.82, 2.24) is 10.3 Å². The van der Waals surface area contributed by atoms with Crippen LogP contribution < -0.4 is 11.1 Å². The SMILES string of the molecule is CCC(C)C(NC(=O)c1csc(-c2ccc(F)cc2)n1)C(N)=O. The lowest BCUT2D eigenvalue weighted by Gasteiger charge is -2.20. The van der Waals surface area contributed by atoms with Crippen molar-refractivity contribution in [3.63, 3.8) is 0 Å². The summed E-state index contributed by atoms with van der Waals surface area (Å²) >= 11 is 1.28. The van der Waals surface area contributed by atoms with E-state index in [-0.39, 0.29) is 17.4 Å². The van der Waals surface area contributed by atoms with Crippen LogP contribution in [0.2, 0.25) is 0 Å². The Kier molecular flexibility index (Phi) is 5.44. The predicted octanol–water partition coefficient (Wildman–Crippen LogP) is 2.58. The van der Waals surface area contributed by atoms with Gasteiger partial charge in [-0.2, -0.15) is 0 Å². The van der Waals surface area contributed by atoms with Crippen LogP contribution in [0.3, 0.4) is 0 Å². The van der Waals surface area contributed by atoms with E-state index in [0.29, 0.717) is 11.4 Å². The first kappa shape index (κ1) is 17.1. The number of thiazole rings is 1. The van der Waals surface area contributed by atoms with Gasteiger partial charge in [-0.15, -0.1) is 11.3 Å². The maximum Gasteiger partial charge on any atom is 0.271 e. The molecule has 23 heavy (non-hydrogen) atoms. The molecule has 2 atom stereocenters. The van der Waals surface area contributed by atoms with Gasteiger partial charge in [0.25, 0.3) is 5.91 Å². The Balaban J connectivity index is 2.14. The Hall–Kier alpha value is -2.28. The molecule has 0 bridgehead atoms. The van der Waals surface area contributed by atoms with Gasteiger partial charge in [-0.3, -0.25) is 9.59 Å². The van der Waals surface area contributed by atoms with Crippen LogP contribution in [0.4, 0.5) is 4.39 Å². The van der Waals surface area contributed by atoms with Crippen LogP contribution in [0.15, 0.2) is 29.6 Å². The van der Waals surface area contributed by atoms with E-state index in [1.54, 1.807) is 17.5 Å². The van der Waals surface area contributed by atoms with Gasteiger partial charge in [0.15, 0.2) is 0 Å². The number of amides is 2. The molecule has 0 fully saturated rings. The molecule has 0 aliphatic carbocycles. The molecule has 7 heteroatoms. The van der Waals surface area contributed by atoms with Gasteiger partial charge in [0, 0.05) is 10.9 Å². The summed E-state index contributed by atoms with van der Waals surface area (Å²) in [5.74, 6) is -1.41. The number of primary amides is 1. The van der Waals surface area contributed by atoms with Gasteiger partial charge in [-0.05, 0) is 30.2 Å². The third-order valence-corrected chi connectivity index (χ3v) is 4.53. The molecule has 0 radical (unpaired) electrons. The number of carbonyl (C=O) groups is 2. The van der Waals surface area contributed by atoms with Crippen molar-refractivity contribution < 1.29 is 14.0 Å². The predicted molar refractivity (Wildman–Crippen MR) is 87.4 cm³/mol. The number of nitrogens with one attached hydrogen (secondary N) is 1. The second-order valence-corrected chi connectivity index (χ2v) is 6.14. The fourth-order valence-corrected chi connectivity index (χ4v) is 2.85. The zero-order chi connectivity index (χ0) is 17.0. The lowest BCUT2D eigenvalue weighted by molar-refractivity contribution is -0.120. The minimum Gasteiger partial charge on any atom is -0.368 e. The average Bonchev–Trinajstić information content (AvgIpc) is 3.02. The molecule has 1 heterocycles. The summed E-state index contributed by atoms with van der Waals surface area (Å²) in [6.45, 7) is 3.77. The van der Waals surface area contributed by atoms with Gasteiger partial charge >= 0.3 is 0 Å². The average molecular weight is 335 g/mol. The summed E-state index contributed by atoms with van der Waals surface area (Å²) in [4.78, 5) is 28.0. The highest BCUT2D eigenvalue weighted by Gasteiger charge is 2.25. The second kappa shape index (κ2) is 7.32. The van der Waals surface area contributed by atoms with Crippen molar-refractivity contribution >= 4 is 23.2 Å². The molecule has 122 valence electrons. The minimum atomic E-state index is -0.733. The zero-order valence-corrected chi connectivity index (χ0v) is 13.7. The second-order valence-electron chi connectivity index (χ2n) is 5.28. The Labute approximate surface area is 137 Å². The standard InChI is InChI=1S/C16H18FN3O2S/c1-3-9(2)13(14(18)21)20-15(22)12-8-23-16(19-12)10-4-6-11(17)7-5-10/h4-9,13H,3H2,1-2H3,(H2,18,21)(H,20,22). The fourth-order valence-electron chi connectivity index (χ4n) is 2.05. The van der Waals surface area contributed by atoms with E-state index in [1.165, 1.54) is 23.5 Å². The number of benzene rings is 1. The molecule has 1 aromatic carbocycles. The Bertz CT molecular complexity index is 700. The van der Waals surface area contributed by atoms with E-state index in [0.717, 1.165) is 5.56 Å². The van der Waals surface area contributed by atoms with Crippen LogP contribution in [-0.2, 0) is 4.79 Å². The molecule has 2 rings (SSSR count). The highest BCUT2D eigenvalue weighted by atomic mass is 32.1. The van der Waals surface area contributed by atoms with Gasteiger partial charge in [0.05, 0.1) is 0 Å². The van der Waals surface area contributed by atoms with E-state index in [1.807, 2.05) is 13.8 Å². The molecule has 2 aromatic rings. The first-order valence-electron chi connectivity index (χ1n) is 7.24. The fraction of sp³-hybridized carbons (Fsp3) is 0.312. The van der Waals surface area contributed by atoms with Crippen LogP contribution in [0.1, 0.15) is 30.8 Å². The van der Waals surface area contributed by atoms with Crippen molar-refractivity contribution in [3.8, 4) is 10.6 Å². The van der Waals surface area contributed by atoms with Gasteiger partial charge in [-0.25, -0.2) is 9.37 Å². The maximum atomic E-state index is 12.9. The quantitative estimate of drug-likeness (QED) is 0.851. The third kappa shape index (κ3) is 4.13. The molecule has 0 spiro atoms. The molecule has 1 aromatic heterocycles. The first-order valence-corrected chi connectivity index (χ1v) is 8.12. The summed E-state index contributed by atoms with van der Waals surface area (Å²) in [5.41, 5.74) is 6.28. The molecule has 0 saturated carbocycles. The number of nitrogens with zero attached hydrogens (tertiary/aromatic N) is 1. The largest absolute Gasteiger partial charge is 0.368 e. The number of rotatable bonds is 6. The van der Waals surface area contributed by atoms with Crippen LogP contribution in [0.25, 0.3) is 10.6 Å².